The average molecular weight is 226 g/mol. The zero-order chi connectivity index (χ0) is 10.1. The standard InChI is InChI=1S/C11H12ClNS/c1-2-8-9-5-7(12)3-4-10(9)14-11(8)6-13/h3-5H,2,6,13H2,1H3. The van der Waals surface area contributed by atoms with E-state index in [0.29, 0.717) is 6.54 Å². The molecule has 1 aromatic carbocycles. The number of nitrogens with two attached hydrogens (primary N) is 1. The third-order valence-corrected chi connectivity index (χ3v) is 3.85. The summed E-state index contributed by atoms with van der Waals surface area (Å²) in [7, 11) is 0. The lowest BCUT2D eigenvalue weighted by Crippen LogP contribution is -1.96. The van der Waals surface area contributed by atoms with Crippen molar-refractivity contribution in [2.24, 2.45) is 5.73 Å². The van der Waals surface area contributed by atoms with Crippen LogP contribution in [0.1, 0.15) is 17.4 Å². The third kappa shape index (κ3) is 1.54. The molecule has 0 radical (unpaired) electrons. The fourth-order valence-corrected chi connectivity index (χ4v) is 3.05. The number of thiophene rings is 1. The van der Waals surface area contributed by atoms with Crippen LogP contribution in [0.4, 0.5) is 0 Å². The molecule has 3 heteroatoms. The van der Waals surface area contributed by atoms with Crippen LogP contribution < -0.4 is 5.73 Å². The minimum absolute atomic E-state index is 0.625. The first-order valence-electron chi connectivity index (χ1n) is 4.66. The van der Waals surface area contributed by atoms with Crippen molar-refractivity contribution in [3.8, 4) is 0 Å². The minimum atomic E-state index is 0.625. The summed E-state index contributed by atoms with van der Waals surface area (Å²) in [5.41, 5.74) is 7.06. The summed E-state index contributed by atoms with van der Waals surface area (Å²) in [6, 6.07) is 6.03. The predicted octanol–water partition coefficient (Wildman–Crippen LogP) is 3.58. The normalized spacial score (nSPS) is 11.1. The molecule has 0 saturated heterocycles. The van der Waals surface area contributed by atoms with E-state index in [1.165, 1.54) is 20.5 Å². The van der Waals surface area contributed by atoms with Gasteiger partial charge in [0.05, 0.1) is 0 Å². The maximum Gasteiger partial charge on any atom is 0.0413 e. The summed E-state index contributed by atoms with van der Waals surface area (Å²) < 4.78 is 1.28. The molecule has 0 fully saturated rings. The van der Waals surface area contributed by atoms with E-state index in [0.717, 1.165) is 11.4 Å². The molecule has 0 aliphatic heterocycles. The lowest BCUT2D eigenvalue weighted by Gasteiger charge is -1.97. The van der Waals surface area contributed by atoms with Crippen molar-refractivity contribution in [1.29, 1.82) is 0 Å². The van der Waals surface area contributed by atoms with Crippen molar-refractivity contribution in [1.82, 2.24) is 0 Å². The number of halogens is 1. The van der Waals surface area contributed by atoms with E-state index in [9.17, 15) is 0 Å². The minimum Gasteiger partial charge on any atom is -0.326 e. The first-order valence-corrected chi connectivity index (χ1v) is 5.85. The van der Waals surface area contributed by atoms with E-state index in [4.69, 9.17) is 17.3 Å². The summed E-state index contributed by atoms with van der Waals surface area (Å²) >= 11 is 7.75. The predicted molar refractivity (Wildman–Crippen MR) is 64.1 cm³/mol. The molecule has 0 atom stereocenters. The summed E-state index contributed by atoms with van der Waals surface area (Å²) in [6.45, 7) is 2.78. The van der Waals surface area contributed by atoms with Gasteiger partial charge in [0.15, 0.2) is 0 Å². The number of aryl methyl sites for hydroxylation is 1. The van der Waals surface area contributed by atoms with Gasteiger partial charge in [0.2, 0.25) is 0 Å². The molecule has 0 aliphatic rings. The SMILES string of the molecule is CCc1c(CN)sc2ccc(Cl)cc12. The zero-order valence-electron chi connectivity index (χ0n) is 8.01. The Bertz CT molecular complexity index is 462. The van der Waals surface area contributed by atoms with Gasteiger partial charge in [-0.15, -0.1) is 11.3 Å². The number of hydrogen-bond acceptors (Lipinski definition) is 2. The van der Waals surface area contributed by atoms with Gasteiger partial charge in [0.25, 0.3) is 0 Å². The Morgan fingerprint density at radius 2 is 2.21 bits per heavy atom. The molecule has 2 aromatic rings. The van der Waals surface area contributed by atoms with Crippen molar-refractivity contribution in [2.75, 3.05) is 0 Å². The maximum atomic E-state index is 5.97. The Labute approximate surface area is 92.5 Å². The number of hydrogen-bond donors (Lipinski definition) is 1. The van der Waals surface area contributed by atoms with Crippen LogP contribution in [-0.2, 0) is 13.0 Å². The molecule has 1 aromatic heterocycles. The fraction of sp³-hybridized carbons (Fsp3) is 0.273. The third-order valence-electron chi connectivity index (χ3n) is 2.38. The van der Waals surface area contributed by atoms with Crippen molar-refractivity contribution in [3.63, 3.8) is 0 Å². The van der Waals surface area contributed by atoms with Gasteiger partial charge in [-0.2, -0.15) is 0 Å². The molecule has 1 heterocycles. The molecular weight excluding hydrogens is 214 g/mol. The topological polar surface area (TPSA) is 26.0 Å². The number of benzene rings is 1. The second-order valence-corrected chi connectivity index (χ2v) is 4.78. The van der Waals surface area contributed by atoms with Gasteiger partial charge < -0.3 is 5.73 Å². The molecule has 74 valence electrons. The Hall–Kier alpha value is -0.570. The molecule has 0 bridgehead atoms. The molecule has 0 saturated carbocycles. The van der Waals surface area contributed by atoms with E-state index in [-0.39, 0.29) is 0 Å². The molecule has 2 N–H and O–H groups in total. The van der Waals surface area contributed by atoms with Gasteiger partial charge in [-0.05, 0) is 35.6 Å². The highest BCUT2D eigenvalue weighted by Crippen LogP contribution is 2.33. The average Bonchev–Trinajstić information content (AvgIpc) is 2.54. The molecule has 1 nitrogen and oxygen atoms in total. The van der Waals surface area contributed by atoms with Crippen LogP contribution in [0.3, 0.4) is 0 Å². The quantitative estimate of drug-likeness (QED) is 0.831. The van der Waals surface area contributed by atoms with Crippen molar-refractivity contribution in [2.45, 2.75) is 19.9 Å². The molecule has 0 aliphatic carbocycles. The van der Waals surface area contributed by atoms with Crippen LogP contribution in [0.5, 0.6) is 0 Å². The smallest absolute Gasteiger partial charge is 0.0413 e. The van der Waals surface area contributed by atoms with Crippen LogP contribution in [0.25, 0.3) is 10.1 Å². The summed E-state index contributed by atoms with van der Waals surface area (Å²) in [5.74, 6) is 0. The van der Waals surface area contributed by atoms with Gasteiger partial charge >= 0.3 is 0 Å². The van der Waals surface area contributed by atoms with Gasteiger partial charge in [-0.3, -0.25) is 0 Å². The van der Waals surface area contributed by atoms with Crippen molar-refractivity contribution in [3.05, 3.63) is 33.7 Å². The Kier molecular flexibility index (Phi) is 2.77. The molecular formula is C11H12ClNS. The molecule has 0 spiro atoms. The van der Waals surface area contributed by atoms with Crippen LogP contribution >= 0.6 is 22.9 Å². The van der Waals surface area contributed by atoms with Crippen molar-refractivity contribution >= 4 is 33.0 Å². The molecule has 2 rings (SSSR count). The highest BCUT2D eigenvalue weighted by molar-refractivity contribution is 7.19. The highest BCUT2D eigenvalue weighted by atomic mass is 35.5. The van der Waals surface area contributed by atoms with Gasteiger partial charge in [0.1, 0.15) is 0 Å². The van der Waals surface area contributed by atoms with E-state index in [1.807, 2.05) is 12.1 Å². The molecule has 0 unspecified atom stereocenters. The van der Waals surface area contributed by atoms with E-state index in [2.05, 4.69) is 13.0 Å². The first kappa shape index (κ1) is 9.97. The highest BCUT2D eigenvalue weighted by Gasteiger charge is 2.09. The maximum absolute atomic E-state index is 5.97. The fourth-order valence-electron chi connectivity index (χ4n) is 1.72. The monoisotopic (exact) mass is 225 g/mol. The zero-order valence-corrected chi connectivity index (χ0v) is 9.58. The largest absolute Gasteiger partial charge is 0.326 e. The van der Waals surface area contributed by atoms with Gasteiger partial charge in [-0.1, -0.05) is 18.5 Å². The summed E-state index contributed by atoms with van der Waals surface area (Å²) in [4.78, 5) is 1.28. The van der Waals surface area contributed by atoms with E-state index < -0.39 is 0 Å². The lowest BCUT2D eigenvalue weighted by atomic mass is 10.1. The van der Waals surface area contributed by atoms with E-state index >= 15 is 0 Å². The van der Waals surface area contributed by atoms with Crippen molar-refractivity contribution < 1.29 is 0 Å². The summed E-state index contributed by atoms with van der Waals surface area (Å²) in [5, 5.41) is 2.07. The molecule has 14 heavy (non-hydrogen) atoms. The summed E-state index contributed by atoms with van der Waals surface area (Å²) in [6.07, 6.45) is 1.02. The molecule has 0 amide bonds. The number of rotatable bonds is 2. The second-order valence-electron chi connectivity index (χ2n) is 3.20. The van der Waals surface area contributed by atoms with Gasteiger partial charge in [-0.25, -0.2) is 0 Å². The second kappa shape index (κ2) is 3.89. The van der Waals surface area contributed by atoms with Gasteiger partial charge in [0, 0.05) is 21.1 Å². The number of fused-ring (bicyclic) bond motifs is 1. The Balaban J connectivity index is 2.74. The Morgan fingerprint density at radius 1 is 1.43 bits per heavy atom. The van der Waals surface area contributed by atoms with Crippen LogP contribution in [-0.4, -0.2) is 0 Å². The first-order chi connectivity index (χ1) is 6.76. The lowest BCUT2D eigenvalue weighted by molar-refractivity contribution is 1.05. The van der Waals surface area contributed by atoms with E-state index in [1.54, 1.807) is 11.3 Å². The van der Waals surface area contributed by atoms with Crippen LogP contribution in [0.2, 0.25) is 5.02 Å². The van der Waals surface area contributed by atoms with Crippen LogP contribution in [0, 0.1) is 0 Å². The Morgan fingerprint density at radius 3 is 2.86 bits per heavy atom. The van der Waals surface area contributed by atoms with Crippen LogP contribution in [0.15, 0.2) is 18.2 Å².